The Hall–Kier alpha value is -0.843. The van der Waals surface area contributed by atoms with Crippen molar-refractivity contribution in [2.75, 3.05) is 0 Å². The summed E-state index contributed by atoms with van der Waals surface area (Å²) in [4.78, 5) is 24.4. The topological polar surface area (TPSA) is 52.6 Å². The van der Waals surface area contributed by atoms with Gasteiger partial charge in [-0.05, 0) is 12.8 Å². The van der Waals surface area contributed by atoms with Crippen molar-refractivity contribution >= 4 is 20.5 Å². The Balaban J connectivity index is 3.61. The van der Waals surface area contributed by atoms with Crippen LogP contribution in [0, 0.1) is 0 Å². The lowest BCUT2D eigenvalue weighted by Gasteiger charge is -2.22. The smallest absolute Gasteiger partial charge is 0.457 e. The molecule has 0 unspecified atom stereocenters. The maximum atomic E-state index is 12.2. The lowest BCUT2D eigenvalue weighted by molar-refractivity contribution is -0.141. The fourth-order valence-corrected chi connectivity index (χ4v) is 5.88. The Bertz CT molecular complexity index is 451. The number of carbonyl (C=O) groups excluding carboxylic acids is 2. The summed E-state index contributed by atoms with van der Waals surface area (Å²) in [5.41, 5.74) is 0. The maximum absolute atomic E-state index is 12.2. The summed E-state index contributed by atoms with van der Waals surface area (Å²) in [6.07, 6.45) is 28.6. The molecule has 0 rings (SSSR count). The molecule has 0 saturated heterocycles. The zero-order chi connectivity index (χ0) is 26.0. The molecule has 0 fully saturated rings. The molecule has 0 aliphatic heterocycles. The number of hydrogen-bond acceptors (Lipinski definition) is 4. The molecule has 0 atom stereocenters. The molecule has 0 heterocycles. The van der Waals surface area contributed by atoms with Crippen LogP contribution in [0.3, 0.4) is 0 Å². The Morgan fingerprint density at radius 1 is 0.429 bits per heavy atom. The Kier molecular flexibility index (Phi) is 24.2. The molecule has 0 spiro atoms. The van der Waals surface area contributed by atoms with Crippen LogP contribution in [0.15, 0.2) is 0 Å². The maximum Gasteiger partial charge on any atom is 0.457 e. The molecule has 4 nitrogen and oxygen atoms in total. The second-order valence-electron chi connectivity index (χ2n) is 10.9. The minimum absolute atomic E-state index is 0.208. The zero-order valence-corrected chi connectivity index (χ0v) is 25.1. The lowest BCUT2D eigenvalue weighted by atomic mass is 10.1. The SMILES string of the molecule is CCCCCCCCCCCCCC(=O)O[Si](C)(C)OC(=O)CCCCCCCCCCCCC. The second-order valence-corrected chi connectivity index (χ2v) is 14.1. The summed E-state index contributed by atoms with van der Waals surface area (Å²) in [5.74, 6) is -0.417. The quantitative estimate of drug-likeness (QED) is 0.0854. The normalized spacial score (nSPS) is 11.5. The minimum Gasteiger partial charge on any atom is -0.485 e. The first kappa shape index (κ1) is 34.2. The van der Waals surface area contributed by atoms with Gasteiger partial charge in [0.15, 0.2) is 0 Å². The first-order chi connectivity index (χ1) is 16.9. The molecule has 0 N–H and O–H groups in total. The number of unbranched alkanes of at least 4 members (excludes halogenated alkanes) is 20. The molecular formula is C30H60O4Si. The van der Waals surface area contributed by atoms with Crippen LogP contribution in [0.2, 0.25) is 13.1 Å². The first-order valence-corrected chi connectivity index (χ1v) is 18.2. The van der Waals surface area contributed by atoms with Gasteiger partial charge in [0.25, 0.3) is 11.9 Å². The third kappa shape index (κ3) is 26.0. The van der Waals surface area contributed by atoms with E-state index in [9.17, 15) is 9.59 Å². The van der Waals surface area contributed by atoms with Crippen molar-refractivity contribution in [2.24, 2.45) is 0 Å². The third-order valence-electron chi connectivity index (χ3n) is 6.69. The van der Waals surface area contributed by atoms with Gasteiger partial charge in [-0.2, -0.15) is 0 Å². The molecule has 0 aromatic heterocycles. The summed E-state index contributed by atoms with van der Waals surface area (Å²) in [6.45, 7) is 8.10. The molecule has 5 heteroatoms. The van der Waals surface area contributed by atoms with Crippen molar-refractivity contribution in [3.63, 3.8) is 0 Å². The van der Waals surface area contributed by atoms with E-state index in [1.165, 1.54) is 116 Å². The number of rotatable bonds is 26. The van der Waals surface area contributed by atoms with E-state index in [0.29, 0.717) is 12.8 Å². The minimum atomic E-state index is -2.73. The van der Waals surface area contributed by atoms with Crippen LogP contribution < -0.4 is 0 Å². The summed E-state index contributed by atoms with van der Waals surface area (Å²) in [6, 6.07) is 0. The molecule has 0 aliphatic rings. The van der Waals surface area contributed by atoms with Crippen LogP contribution in [0.4, 0.5) is 0 Å². The van der Waals surface area contributed by atoms with E-state index in [1.54, 1.807) is 13.1 Å². The first-order valence-electron chi connectivity index (χ1n) is 15.3. The fraction of sp³-hybridized carbons (Fsp3) is 0.933. The van der Waals surface area contributed by atoms with Gasteiger partial charge in [-0.25, -0.2) is 0 Å². The van der Waals surface area contributed by atoms with Gasteiger partial charge in [-0.15, -0.1) is 0 Å². The van der Waals surface area contributed by atoms with E-state index in [0.717, 1.165) is 25.7 Å². The molecule has 208 valence electrons. The van der Waals surface area contributed by atoms with E-state index in [4.69, 9.17) is 8.85 Å². The fourth-order valence-electron chi connectivity index (χ4n) is 4.54. The van der Waals surface area contributed by atoms with Crippen LogP contribution in [0.5, 0.6) is 0 Å². The van der Waals surface area contributed by atoms with E-state index in [2.05, 4.69) is 13.8 Å². The number of hydrogen-bond donors (Lipinski definition) is 0. The van der Waals surface area contributed by atoms with Crippen molar-refractivity contribution in [2.45, 2.75) is 181 Å². The summed E-state index contributed by atoms with van der Waals surface area (Å²) in [5, 5.41) is 0. The number of carbonyl (C=O) groups is 2. The third-order valence-corrected chi connectivity index (χ3v) is 8.13. The van der Waals surface area contributed by atoms with Gasteiger partial charge >= 0.3 is 8.56 Å². The van der Waals surface area contributed by atoms with Gasteiger partial charge in [0, 0.05) is 25.9 Å². The van der Waals surface area contributed by atoms with Crippen molar-refractivity contribution in [1.29, 1.82) is 0 Å². The Morgan fingerprint density at radius 3 is 0.914 bits per heavy atom. The average molecular weight is 513 g/mol. The standard InChI is InChI=1S/C30H60O4Si/c1-5-7-9-11-13-15-17-19-21-23-25-27-29(31)33-35(3,4)34-30(32)28-26-24-22-20-18-16-14-12-10-8-6-2/h5-28H2,1-4H3. The Labute approximate surface area is 220 Å². The molecule has 0 aliphatic carbocycles. The molecule has 0 saturated carbocycles. The highest BCUT2D eigenvalue weighted by Gasteiger charge is 2.33. The second kappa shape index (κ2) is 24.8. The van der Waals surface area contributed by atoms with Crippen molar-refractivity contribution in [3.8, 4) is 0 Å². The van der Waals surface area contributed by atoms with Gasteiger partial charge in [0.2, 0.25) is 0 Å². The molecule has 0 radical (unpaired) electrons. The van der Waals surface area contributed by atoms with E-state index in [-0.39, 0.29) is 11.9 Å². The monoisotopic (exact) mass is 512 g/mol. The molecule has 0 amide bonds. The molecule has 0 aromatic rings. The Morgan fingerprint density at radius 2 is 0.657 bits per heavy atom. The zero-order valence-electron chi connectivity index (χ0n) is 24.1. The highest BCUT2D eigenvalue weighted by Crippen LogP contribution is 2.16. The molecule has 0 aromatic carbocycles. The predicted molar refractivity (Wildman–Crippen MR) is 152 cm³/mol. The van der Waals surface area contributed by atoms with Gasteiger partial charge in [0.05, 0.1) is 0 Å². The predicted octanol–water partition coefficient (Wildman–Crippen LogP) is 10.2. The summed E-state index contributed by atoms with van der Waals surface area (Å²) in [7, 11) is -2.73. The van der Waals surface area contributed by atoms with Crippen LogP contribution >= 0.6 is 0 Å². The van der Waals surface area contributed by atoms with Crippen LogP contribution in [0.25, 0.3) is 0 Å². The lowest BCUT2D eigenvalue weighted by Crippen LogP contribution is -2.39. The van der Waals surface area contributed by atoms with E-state index < -0.39 is 8.56 Å². The van der Waals surface area contributed by atoms with Gasteiger partial charge in [-0.1, -0.05) is 142 Å². The van der Waals surface area contributed by atoms with Crippen LogP contribution in [0.1, 0.15) is 168 Å². The summed E-state index contributed by atoms with van der Waals surface area (Å²) >= 11 is 0. The molecule has 35 heavy (non-hydrogen) atoms. The largest absolute Gasteiger partial charge is 0.485 e. The highest BCUT2D eigenvalue weighted by atomic mass is 28.4. The van der Waals surface area contributed by atoms with Crippen molar-refractivity contribution in [1.82, 2.24) is 0 Å². The van der Waals surface area contributed by atoms with Crippen molar-refractivity contribution < 1.29 is 18.4 Å². The van der Waals surface area contributed by atoms with Gasteiger partial charge in [0.1, 0.15) is 0 Å². The van der Waals surface area contributed by atoms with E-state index in [1.807, 2.05) is 0 Å². The van der Waals surface area contributed by atoms with Crippen molar-refractivity contribution in [3.05, 3.63) is 0 Å². The van der Waals surface area contributed by atoms with Crippen LogP contribution in [-0.2, 0) is 18.4 Å². The average Bonchev–Trinajstić information content (AvgIpc) is 2.80. The molecule has 0 bridgehead atoms. The van der Waals surface area contributed by atoms with Gasteiger partial charge < -0.3 is 8.85 Å². The summed E-state index contributed by atoms with van der Waals surface area (Å²) < 4.78 is 11.1. The van der Waals surface area contributed by atoms with E-state index >= 15 is 0 Å². The van der Waals surface area contributed by atoms with Crippen LogP contribution in [-0.4, -0.2) is 20.5 Å². The van der Waals surface area contributed by atoms with Gasteiger partial charge in [-0.3, -0.25) is 9.59 Å². The highest BCUT2D eigenvalue weighted by molar-refractivity contribution is 6.67. The molecular weight excluding hydrogens is 452 g/mol.